The number of hydrogen-bond donors (Lipinski definition) is 2. The third-order valence-electron chi connectivity index (χ3n) is 6.96. The minimum atomic E-state index is -0.0663. The molecule has 2 aliphatic rings. The number of anilines is 2. The molecule has 164 valence electrons. The first-order chi connectivity index (χ1) is 14.9. The molecule has 2 heterocycles. The van der Waals surface area contributed by atoms with Crippen LogP contribution >= 0.6 is 11.6 Å². The molecule has 1 fully saturated rings. The summed E-state index contributed by atoms with van der Waals surface area (Å²) < 4.78 is 0. The summed E-state index contributed by atoms with van der Waals surface area (Å²) in [7, 11) is 0. The highest BCUT2D eigenvalue weighted by molar-refractivity contribution is 6.30. The van der Waals surface area contributed by atoms with Gasteiger partial charge in [0.2, 0.25) is 0 Å². The van der Waals surface area contributed by atoms with Crippen LogP contribution in [0.3, 0.4) is 0 Å². The second kappa shape index (κ2) is 8.58. The Hall–Kier alpha value is -2.46. The van der Waals surface area contributed by atoms with Crippen molar-refractivity contribution >= 4 is 23.0 Å². The highest BCUT2D eigenvalue weighted by Crippen LogP contribution is 2.50. The number of allylic oxidation sites excluding steroid dienone is 2. The van der Waals surface area contributed by atoms with Gasteiger partial charge in [-0.05, 0) is 81.8 Å². The van der Waals surface area contributed by atoms with Crippen LogP contribution in [0.2, 0.25) is 5.02 Å². The molecule has 31 heavy (non-hydrogen) atoms. The van der Waals surface area contributed by atoms with Crippen LogP contribution in [0.15, 0.2) is 54.0 Å². The number of aryl methyl sites for hydroxylation is 2. The Morgan fingerprint density at radius 1 is 1.26 bits per heavy atom. The number of rotatable bonds is 6. The SMILES string of the molecule is C=C(N)N1CCCc2nc(C3(C(Nc4ccc(Cl)cc4C)=C(C)CC)CCC3)ccc21. The third kappa shape index (κ3) is 3.94. The summed E-state index contributed by atoms with van der Waals surface area (Å²) in [6.07, 6.45) is 6.47. The molecule has 0 spiro atoms. The fourth-order valence-electron chi connectivity index (χ4n) is 4.89. The van der Waals surface area contributed by atoms with Crippen molar-refractivity contribution in [1.82, 2.24) is 4.98 Å². The number of hydrogen-bond acceptors (Lipinski definition) is 4. The van der Waals surface area contributed by atoms with Gasteiger partial charge in [-0.3, -0.25) is 4.98 Å². The molecule has 4 rings (SSSR count). The van der Waals surface area contributed by atoms with E-state index in [9.17, 15) is 0 Å². The molecule has 3 N–H and O–H groups in total. The molecule has 1 aromatic heterocycles. The van der Waals surface area contributed by atoms with Crippen molar-refractivity contribution in [3.63, 3.8) is 0 Å². The normalized spacial score (nSPS) is 18.0. The summed E-state index contributed by atoms with van der Waals surface area (Å²) in [5, 5.41) is 4.58. The molecule has 2 aromatic rings. The van der Waals surface area contributed by atoms with Crippen LogP contribution in [0.1, 0.15) is 62.9 Å². The fourth-order valence-corrected chi connectivity index (χ4v) is 5.12. The van der Waals surface area contributed by atoms with Gasteiger partial charge in [0.05, 0.1) is 28.3 Å². The Morgan fingerprint density at radius 3 is 2.65 bits per heavy atom. The molecule has 1 saturated carbocycles. The minimum absolute atomic E-state index is 0.0663. The zero-order valence-electron chi connectivity index (χ0n) is 18.9. The summed E-state index contributed by atoms with van der Waals surface area (Å²) in [4.78, 5) is 7.31. The van der Waals surface area contributed by atoms with Crippen LogP contribution in [-0.2, 0) is 11.8 Å². The smallest absolute Gasteiger partial charge is 0.0957 e. The van der Waals surface area contributed by atoms with Crippen molar-refractivity contribution in [2.45, 2.75) is 64.7 Å². The van der Waals surface area contributed by atoms with Gasteiger partial charge in [0.15, 0.2) is 0 Å². The zero-order chi connectivity index (χ0) is 22.2. The lowest BCUT2D eigenvalue weighted by Crippen LogP contribution is -2.41. The predicted octanol–water partition coefficient (Wildman–Crippen LogP) is 6.44. The number of nitrogens with two attached hydrogens (primary N) is 1. The number of pyridine rings is 1. The molecule has 1 aromatic carbocycles. The number of halogens is 1. The van der Waals surface area contributed by atoms with E-state index in [0.717, 1.165) is 66.3 Å². The fraction of sp³-hybridized carbons (Fsp3) is 0.423. The van der Waals surface area contributed by atoms with Gasteiger partial charge in [-0.25, -0.2) is 0 Å². The summed E-state index contributed by atoms with van der Waals surface area (Å²) >= 11 is 6.20. The van der Waals surface area contributed by atoms with Crippen LogP contribution < -0.4 is 16.0 Å². The highest BCUT2D eigenvalue weighted by Gasteiger charge is 2.45. The van der Waals surface area contributed by atoms with Crippen LogP contribution in [0.4, 0.5) is 11.4 Å². The first kappa shape index (κ1) is 21.8. The van der Waals surface area contributed by atoms with E-state index in [0.29, 0.717) is 5.82 Å². The summed E-state index contributed by atoms with van der Waals surface area (Å²) in [6.45, 7) is 11.4. The summed E-state index contributed by atoms with van der Waals surface area (Å²) in [5.74, 6) is 0.594. The number of aromatic nitrogens is 1. The molecule has 0 saturated heterocycles. The topological polar surface area (TPSA) is 54.2 Å². The lowest BCUT2D eigenvalue weighted by atomic mass is 9.63. The van der Waals surface area contributed by atoms with Gasteiger partial charge in [0.1, 0.15) is 0 Å². The molecular weight excluding hydrogens is 404 g/mol. The zero-order valence-corrected chi connectivity index (χ0v) is 19.6. The van der Waals surface area contributed by atoms with Crippen LogP contribution in [0.25, 0.3) is 0 Å². The average molecular weight is 437 g/mol. The van der Waals surface area contributed by atoms with Gasteiger partial charge in [-0.2, -0.15) is 0 Å². The molecule has 0 unspecified atom stereocenters. The molecule has 4 nitrogen and oxygen atoms in total. The Labute approximate surface area is 191 Å². The number of nitrogens with zero attached hydrogens (tertiary/aromatic N) is 2. The molecule has 0 bridgehead atoms. The summed E-state index contributed by atoms with van der Waals surface area (Å²) in [6, 6.07) is 10.5. The van der Waals surface area contributed by atoms with E-state index in [2.05, 4.69) is 55.8 Å². The van der Waals surface area contributed by atoms with Gasteiger partial charge in [-0.1, -0.05) is 37.1 Å². The monoisotopic (exact) mass is 436 g/mol. The third-order valence-corrected chi connectivity index (χ3v) is 7.20. The first-order valence-electron chi connectivity index (χ1n) is 11.3. The maximum atomic E-state index is 6.20. The van der Waals surface area contributed by atoms with E-state index >= 15 is 0 Å². The Balaban J connectivity index is 1.76. The second-order valence-corrected chi connectivity index (χ2v) is 9.37. The largest absolute Gasteiger partial charge is 0.386 e. The second-order valence-electron chi connectivity index (χ2n) is 8.94. The van der Waals surface area contributed by atoms with Crippen molar-refractivity contribution in [2.24, 2.45) is 5.73 Å². The number of nitrogens with one attached hydrogen (secondary N) is 1. The van der Waals surface area contributed by atoms with E-state index in [1.54, 1.807) is 0 Å². The van der Waals surface area contributed by atoms with Gasteiger partial charge >= 0.3 is 0 Å². The van der Waals surface area contributed by atoms with E-state index in [4.69, 9.17) is 22.3 Å². The van der Waals surface area contributed by atoms with Gasteiger partial charge in [-0.15, -0.1) is 0 Å². The van der Waals surface area contributed by atoms with Gasteiger partial charge in [0, 0.05) is 23.0 Å². The Bertz CT molecular complexity index is 1040. The van der Waals surface area contributed by atoms with Crippen LogP contribution in [0.5, 0.6) is 0 Å². The lowest BCUT2D eigenvalue weighted by molar-refractivity contribution is 0.285. The molecule has 1 aliphatic heterocycles. The summed E-state index contributed by atoms with van der Waals surface area (Å²) in [5.41, 5.74) is 14.3. The van der Waals surface area contributed by atoms with E-state index in [1.165, 1.54) is 23.4 Å². The molecule has 0 atom stereocenters. The minimum Gasteiger partial charge on any atom is -0.386 e. The van der Waals surface area contributed by atoms with Crippen molar-refractivity contribution in [3.8, 4) is 0 Å². The van der Waals surface area contributed by atoms with Crippen molar-refractivity contribution in [1.29, 1.82) is 0 Å². The van der Waals surface area contributed by atoms with E-state index < -0.39 is 0 Å². The molecule has 1 aliphatic carbocycles. The standard InChI is InChI=1S/C26H33ClN4/c1-5-17(2)25(30-21-10-9-20(27)16-18(21)3)26(13-7-14-26)24-12-11-23-22(29-24)8-6-15-31(23)19(4)28/h9-12,16,30H,4-8,13-15,28H2,1-3H3. The van der Waals surface area contributed by atoms with Gasteiger partial charge < -0.3 is 16.0 Å². The quantitative estimate of drug-likeness (QED) is 0.546. The van der Waals surface area contributed by atoms with Crippen molar-refractivity contribution in [3.05, 3.63) is 76.0 Å². The maximum absolute atomic E-state index is 6.20. The molecule has 5 heteroatoms. The van der Waals surface area contributed by atoms with E-state index in [1.807, 2.05) is 12.1 Å². The maximum Gasteiger partial charge on any atom is 0.0957 e. The van der Waals surface area contributed by atoms with Crippen LogP contribution in [0, 0.1) is 6.92 Å². The van der Waals surface area contributed by atoms with E-state index in [-0.39, 0.29) is 5.41 Å². The molecular formula is C26H33ClN4. The number of fused-ring (bicyclic) bond motifs is 1. The predicted molar refractivity (Wildman–Crippen MR) is 132 cm³/mol. The first-order valence-corrected chi connectivity index (χ1v) is 11.7. The Kier molecular flexibility index (Phi) is 6.02. The lowest BCUT2D eigenvalue weighted by Gasteiger charge is -2.45. The van der Waals surface area contributed by atoms with Crippen LogP contribution in [-0.4, -0.2) is 11.5 Å². The molecule has 0 amide bonds. The van der Waals surface area contributed by atoms with Crippen molar-refractivity contribution < 1.29 is 0 Å². The van der Waals surface area contributed by atoms with Gasteiger partial charge in [0.25, 0.3) is 0 Å². The number of benzene rings is 1. The highest BCUT2D eigenvalue weighted by atomic mass is 35.5. The average Bonchev–Trinajstić information content (AvgIpc) is 2.72. The van der Waals surface area contributed by atoms with Crippen molar-refractivity contribution in [2.75, 3.05) is 16.8 Å². The molecule has 0 radical (unpaired) electrons. The Morgan fingerprint density at radius 2 is 2.03 bits per heavy atom.